The molecule has 7 heteroatoms. The molecule has 4 atom stereocenters. The number of rotatable bonds is 4. The molecule has 1 aromatic rings. The lowest BCUT2D eigenvalue weighted by Gasteiger charge is -2.39. The van der Waals surface area contributed by atoms with E-state index in [9.17, 15) is 18.0 Å². The van der Waals surface area contributed by atoms with Gasteiger partial charge in [0.1, 0.15) is 0 Å². The Kier molecular flexibility index (Phi) is 5.41. The first-order valence-corrected chi connectivity index (χ1v) is 11.5. The second-order valence-corrected chi connectivity index (χ2v) is 11.3. The molecular formula is C25H34F3N3O. The van der Waals surface area contributed by atoms with Crippen molar-refractivity contribution in [3.63, 3.8) is 0 Å². The molecule has 1 heterocycles. The highest BCUT2D eigenvalue weighted by molar-refractivity contribution is 5.98. The van der Waals surface area contributed by atoms with Crippen molar-refractivity contribution in [2.24, 2.45) is 27.3 Å². The minimum absolute atomic E-state index is 0.0218. The van der Waals surface area contributed by atoms with Crippen LogP contribution in [0, 0.1) is 22.2 Å². The average molecular weight is 450 g/mol. The Bertz CT molecular complexity index is 909. The van der Waals surface area contributed by atoms with Crippen molar-refractivity contribution >= 4 is 11.7 Å². The SMILES string of the molecule is CC(C)(CC(F)(F)F)C1=NN(C(=O)N[C@H]2C[C@H]3CC[C@]2(C)C3(C)C)CC1c1ccccc1. The third kappa shape index (κ3) is 3.81. The normalized spacial score (nSPS) is 31.7. The van der Waals surface area contributed by atoms with E-state index in [0.717, 1.165) is 18.4 Å². The summed E-state index contributed by atoms with van der Waals surface area (Å²) in [5.41, 5.74) is 0.258. The van der Waals surface area contributed by atoms with Crippen LogP contribution in [0.5, 0.6) is 0 Å². The van der Waals surface area contributed by atoms with Crippen molar-refractivity contribution in [1.29, 1.82) is 0 Å². The number of hydrazone groups is 1. The van der Waals surface area contributed by atoms with Crippen LogP contribution in [-0.4, -0.2) is 35.5 Å². The number of urea groups is 1. The van der Waals surface area contributed by atoms with Crippen LogP contribution in [0.4, 0.5) is 18.0 Å². The Morgan fingerprint density at radius 3 is 2.38 bits per heavy atom. The van der Waals surface area contributed by atoms with Crippen molar-refractivity contribution in [3.8, 4) is 0 Å². The van der Waals surface area contributed by atoms with Gasteiger partial charge in [-0.05, 0) is 41.6 Å². The lowest BCUT2D eigenvalue weighted by molar-refractivity contribution is -0.147. The van der Waals surface area contributed by atoms with Gasteiger partial charge < -0.3 is 5.32 Å². The molecule has 2 amide bonds. The molecule has 2 bridgehead atoms. The number of carbonyl (C=O) groups excluding carboxylic acids is 1. The lowest BCUT2D eigenvalue weighted by Crippen LogP contribution is -2.50. The number of alkyl halides is 3. The first-order chi connectivity index (χ1) is 14.7. The summed E-state index contributed by atoms with van der Waals surface area (Å²) in [6.07, 6.45) is -2.08. The molecule has 0 aromatic heterocycles. The fraction of sp³-hybridized carbons (Fsp3) is 0.680. The van der Waals surface area contributed by atoms with E-state index < -0.39 is 18.0 Å². The third-order valence-electron chi connectivity index (χ3n) is 8.78. The molecule has 4 rings (SSSR count). The smallest absolute Gasteiger partial charge is 0.333 e. The van der Waals surface area contributed by atoms with E-state index in [4.69, 9.17) is 0 Å². The number of benzene rings is 1. The van der Waals surface area contributed by atoms with E-state index in [1.54, 1.807) is 13.8 Å². The number of carbonyl (C=O) groups is 1. The Morgan fingerprint density at radius 2 is 1.84 bits per heavy atom. The first-order valence-electron chi connectivity index (χ1n) is 11.5. The van der Waals surface area contributed by atoms with Gasteiger partial charge in [-0.25, -0.2) is 9.80 Å². The maximum Gasteiger partial charge on any atom is 0.389 e. The number of nitrogens with one attached hydrogen (secondary N) is 1. The molecular weight excluding hydrogens is 415 g/mol. The number of nitrogens with zero attached hydrogens (tertiary/aromatic N) is 2. The Morgan fingerprint density at radius 1 is 1.19 bits per heavy atom. The van der Waals surface area contributed by atoms with Crippen molar-refractivity contribution in [3.05, 3.63) is 35.9 Å². The molecule has 176 valence electrons. The van der Waals surface area contributed by atoms with Gasteiger partial charge in [0.25, 0.3) is 0 Å². The fourth-order valence-corrected chi connectivity index (χ4v) is 6.42. The van der Waals surface area contributed by atoms with Crippen molar-refractivity contribution < 1.29 is 18.0 Å². The van der Waals surface area contributed by atoms with Gasteiger partial charge in [-0.1, -0.05) is 65.0 Å². The monoisotopic (exact) mass is 449 g/mol. The first kappa shape index (κ1) is 23.1. The third-order valence-corrected chi connectivity index (χ3v) is 8.78. The molecule has 2 fully saturated rings. The van der Waals surface area contributed by atoms with Gasteiger partial charge in [0.15, 0.2) is 0 Å². The predicted octanol–water partition coefficient (Wildman–Crippen LogP) is 6.34. The molecule has 3 aliphatic rings. The molecule has 0 radical (unpaired) electrons. The summed E-state index contributed by atoms with van der Waals surface area (Å²) in [4.78, 5) is 13.3. The zero-order valence-corrected chi connectivity index (χ0v) is 19.6. The molecule has 1 N–H and O–H groups in total. The minimum atomic E-state index is -4.31. The Balaban J connectivity index is 1.58. The van der Waals surface area contributed by atoms with Crippen LogP contribution in [0.15, 0.2) is 35.4 Å². The predicted molar refractivity (Wildman–Crippen MR) is 119 cm³/mol. The van der Waals surface area contributed by atoms with E-state index in [-0.39, 0.29) is 35.4 Å². The van der Waals surface area contributed by atoms with E-state index >= 15 is 0 Å². The Hall–Kier alpha value is -2.05. The zero-order chi connectivity index (χ0) is 23.5. The van der Waals surface area contributed by atoms with Gasteiger partial charge in [0.05, 0.1) is 18.7 Å². The maximum atomic E-state index is 13.3. The summed E-state index contributed by atoms with van der Waals surface area (Å²) in [6, 6.07) is 9.14. The number of halogens is 3. The van der Waals surface area contributed by atoms with Gasteiger partial charge >= 0.3 is 12.2 Å². The van der Waals surface area contributed by atoms with Gasteiger partial charge in [-0.2, -0.15) is 18.3 Å². The van der Waals surface area contributed by atoms with E-state index in [1.165, 1.54) is 11.4 Å². The molecule has 0 spiro atoms. The standard InChI is InChI=1S/C25H34F3N3O/c1-22(2,15-25(26,27)28)20-18(16-9-7-6-8-10-16)14-31(30-20)21(32)29-19-13-17-11-12-24(19,5)23(17,3)4/h6-10,17-19H,11-15H2,1-5H3,(H,29,32)/t17-,18?,19+,24+/m1/s1. The van der Waals surface area contributed by atoms with Crippen molar-refractivity contribution in [1.82, 2.24) is 10.3 Å². The quantitative estimate of drug-likeness (QED) is 0.572. The summed E-state index contributed by atoms with van der Waals surface area (Å²) in [7, 11) is 0. The lowest BCUT2D eigenvalue weighted by atomic mass is 9.69. The minimum Gasteiger partial charge on any atom is -0.333 e. The number of hydrogen-bond donors (Lipinski definition) is 1. The van der Waals surface area contributed by atoms with E-state index in [2.05, 4.69) is 31.2 Å². The molecule has 1 aliphatic heterocycles. The summed E-state index contributed by atoms with van der Waals surface area (Å²) in [5.74, 6) is 0.226. The molecule has 2 saturated carbocycles. The number of amides is 2. The second-order valence-electron chi connectivity index (χ2n) is 11.3. The highest BCUT2D eigenvalue weighted by atomic mass is 19.4. The summed E-state index contributed by atoms with van der Waals surface area (Å²) < 4.78 is 39.9. The van der Waals surface area contributed by atoms with Crippen LogP contribution >= 0.6 is 0 Å². The van der Waals surface area contributed by atoms with Crippen LogP contribution in [0.1, 0.15) is 71.8 Å². The molecule has 2 aliphatic carbocycles. The van der Waals surface area contributed by atoms with Gasteiger partial charge in [0, 0.05) is 17.4 Å². The maximum absolute atomic E-state index is 13.3. The zero-order valence-electron chi connectivity index (χ0n) is 19.6. The van der Waals surface area contributed by atoms with Gasteiger partial charge in [0.2, 0.25) is 0 Å². The summed E-state index contributed by atoms with van der Waals surface area (Å²) in [6.45, 7) is 10.2. The van der Waals surface area contributed by atoms with Crippen LogP contribution in [0.3, 0.4) is 0 Å². The van der Waals surface area contributed by atoms with Crippen molar-refractivity contribution in [2.45, 2.75) is 78.4 Å². The van der Waals surface area contributed by atoms with Crippen LogP contribution in [0.25, 0.3) is 0 Å². The highest BCUT2D eigenvalue weighted by Crippen LogP contribution is 2.65. The van der Waals surface area contributed by atoms with E-state index in [1.807, 2.05) is 30.3 Å². The van der Waals surface area contributed by atoms with Gasteiger partial charge in [-0.15, -0.1) is 0 Å². The van der Waals surface area contributed by atoms with Crippen LogP contribution in [-0.2, 0) is 0 Å². The molecule has 4 nitrogen and oxygen atoms in total. The van der Waals surface area contributed by atoms with Crippen LogP contribution < -0.4 is 5.32 Å². The van der Waals surface area contributed by atoms with Crippen LogP contribution in [0.2, 0.25) is 0 Å². The number of fused-ring (bicyclic) bond motifs is 2. The molecule has 1 aromatic carbocycles. The fourth-order valence-electron chi connectivity index (χ4n) is 6.42. The number of hydrogen-bond acceptors (Lipinski definition) is 2. The Labute approximate surface area is 188 Å². The summed E-state index contributed by atoms with van der Waals surface area (Å²) >= 11 is 0. The van der Waals surface area contributed by atoms with Gasteiger partial charge in [-0.3, -0.25) is 0 Å². The highest BCUT2D eigenvalue weighted by Gasteiger charge is 2.61. The second kappa shape index (κ2) is 7.49. The van der Waals surface area contributed by atoms with E-state index in [0.29, 0.717) is 11.6 Å². The molecule has 32 heavy (non-hydrogen) atoms. The molecule has 1 unspecified atom stereocenters. The largest absolute Gasteiger partial charge is 0.389 e. The molecule has 0 saturated heterocycles. The topological polar surface area (TPSA) is 44.7 Å². The summed E-state index contributed by atoms with van der Waals surface area (Å²) in [5, 5.41) is 9.06. The van der Waals surface area contributed by atoms with Crippen molar-refractivity contribution in [2.75, 3.05) is 6.54 Å². The average Bonchev–Trinajstić information content (AvgIpc) is 3.28.